The third-order valence-electron chi connectivity index (χ3n) is 5.90. The molecular formula is C26H22ClF5N4O4Se. The molecule has 1 saturated heterocycles. The Morgan fingerprint density at radius 2 is 1.80 bits per heavy atom. The molecule has 0 saturated carbocycles. The number of amides is 4. The van der Waals surface area contributed by atoms with Crippen LogP contribution in [0.2, 0.25) is 5.02 Å². The second-order valence-corrected chi connectivity index (χ2v) is 12.6. The maximum atomic E-state index is 14.8. The summed E-state index contributed by atoms with van der Waals surface area (Å²) in [5.74, 6) is -3.17. The van der Waals surface area contributed by atoms with E-state index in [1.165, 1.54) is 37.5 Å². The maximum absolute atomic E-state index is 14.8. The minimum atomic E-state index is -4.48. The number of benzene rings is 2. The number of rotatable bonds is 4. The molecule has 0 radical (unpaired) electrons. The first-order chi connectivity index (χ1) is 19.0. The van der Waals surface area contributed by atoms with E-state index in [1.54, 1.807) is 20.8 Å². The van der Waals surface area contributed by atoms with Crippen LogP contribution in [0.15, 0.2) is 42.6 Å². The Kier molecular flexibility index (Phi) is 8.23. The van der Waals surface area contributed by atoms with Gasteiger partial charge in [-0.2, -0.15) is 0 Å². The van der Waals surface area contributed by atoms with Gasteiger partial charge in [-0.25, -0.2) is 4.39 Å². The van der Waals surface area contributed by atoms with Crippen LogP contribution >= 0.6 is 11.6 Å². The number of urea groups is 1. The summed E-state index contributed by atoms with van der Waals surface area (Å²) in [6.07, 6.45) is 0.171. The van der Waals surface area contributed by atoms with Crippen LogP contribution < -0.4 is 14.3 Å². The molecule has 0 spiro atoms. The quantitative estimate of drug-likeness (QED) is 0.217. The molecular weight excluding hydrogens is 642 g/mol. The summed E-state index contributed by atoms with van der Waals surface area (Å²) in [6, 6.07) is 4.63. The summed E-state index contributed by atoms with van der Waals surface area (Å²) in [5, 5.41) is -5.23. The molecule has 218 valence electrons. The Hall–Kier alpha value is -3.48. The zero-order chi connectivity index (χ0) is 30.4. The fourth-order valence-corrected chi connectivity index (χ4v) is 5.66. The molecule has 3 aromatic rings. The number of carbonyl (C=O) groups excluding carboxylic acids is 3. The SMILES string of the molecule is CN(C(=O)[C@@H]1CN(C(=O)OC(C)(C)C)C(=O)N1c1ccc2nccc([Se]C(F)(F)F)c2c1)c1ccc(F)c(Cl)c1F. The molecule has 4 amide bonds. The van der Waals surface area contributed by atoms with Crippen molar-refractivity contribution in [1.82, 2.24) is 9.88 Å². The molecule has 1 aliphatic rings. The van der Waals surface area contributed by atoms with Crippen molar-refractivity contribution in [3.8, 4) is 0 Å². The molecule has 1 fully saturated rings. The van der Waals surface area contributed by atoms with Crippen molar-refractivity contribution in [3.05, 3.63) is 59.3 Å². The monoisotopic (exact) mass is 664 g/mol. The van der Waals surface area contributed by atoms with Crippen molar-refractivity contribution in [2.75, 3.05) is 23.4 Å². The van der Waals surface area contributed by atoms with Crippen molar-refractivity contribution in [3.63, 3.8) is 0 Å². The molecule has 0 bridgehead atoms. The van der Waals surface area contributed by atoms with Gasteiger partial charge >= 0.3 is 238 Å². The number of carbonyl (C=O) groups is 3. The van der Waals surface area contributed by atoms with E-state index in [0.717, 1.165) is 21.9 Å². The number of halogens is 6. The Balaban J connectivity index is 1.80. The van der Waals surface area contributed by atoms with E-state index in [9.17, 15) is 36.3 Å². The summed E-state index contributed by atoms with van der Waals surface area (Å²) >= 11 is 3.73. The molecule has 41 heavy (non-hydrogen) atoms. The van der Waals surface area contributed by atoms with Gasteiger partial charge in [0.2, 0.25) is 0 Å². The Morgan fingerprint density at radius 1 is 1.12 bits per heavy atom. The van der Waals surface area contributed by atoms with Crippen molar-refractivity contribution >= 4 is 71.3 Å². The molecule has 2 aromatic carbocycles. The molecule has 0 aliphatic carbocycles. The average molecular weight is 664 g/mol. The summed E-state index contributed by atoms with van der Waals surface area (Å²) in [4.78, 5) is 46.6. The van der Waals surface area contributed by atoms with Gasteiger partial charge in [0.15, 0.2) is 0 Å². The zero-order valence-electron chi connectivity index (χ0n) is 21.9. The number of alkyl halides is 3. The number of aromatic nitrogens is 1. The number of imide groups is 1. The van der Waals surface area contributed by atoms with Crippen LogP contribution in [0.4, 0.5) is 42.9 Å². The van der Waals surface area contributed by atoms with Crippen LogP contribution in [-0.2, 0) is 9.53 Å². The Bertz CT molecular complexity index is 1550. The Morgan fingerprint density at radius 3 is 2.44 bits per heavy atom. The van der Waals surface area contributed by atoms with Gasteiger partial charge in [0, 0.05) is 0 Å². The van der Waals surface area contributed by atoms with Crippen LogP contribution in [0.3, 0.4) is 0 Å². The van der Waals surface area contributed by atoms with E-state index in [1.807, 2.05) is 0 Å². The van der Waals surface area contributed by atoms with E-state index >= 15 is 0 Å². The van der Waals surface area contributed by atoms with Crippen LogP contribution in [0.1, 0.15) is 20.8 Å². The summed E-state index contributed by atoms with van der Waals surface area (Å²) in [7, 11) is 1.17. The topological polar surface area (TPSA) is 83.1 Å². The Labute approximate surface area is 242 Å². The molecule has 1 aliphatic heterocycles. The third kappa shape index (κ3) is 6.39. The first-order valence-electron chi connectivity index (χ1n) is 11.9. The number of anilines is 2. The van der Waals surface area contributed by atoms with Crippen molar-refractivity contribution in [2.45, 2.75) is 37.5 Å². The number of fused-ring (bicyclic) bond motifs is 1. The molecule has 0 N–H and O–H groups in total. The van der Waals surface area contributed by atoms with Gasteiger partial charge in [-0.3, -0.25) is 0 Å². The van der Waals surface area contributed by atoms with Crippen LogP contribution in [0.5, 0.6) is 0 Å². The summed E-state index contributed by atoms with van der Waals surface area (Å²) < 4.78 is 73.6. The van der Waals surface area contributed by atoms with Crippen LogP contribution in [0.25, 0.3) is 10.9 Å². The van der Waals surface area contributed by atoms with Crippen LogP contribution in [-0.4, -0.2) is 73.2 Å². The predicted octanol–water partition coefficient (Wildman–Crippen LogP) is 5.22. The molecule has 2 heterocycles. The number of ether oxygens (including phenoxy) is 1. The fourth-order valence-electron chi connectivity index (χ4n) is 4.13. The number of hydrogen-bond donors (Lipinski definition) is 0. The van der Waals surface area contributed by atoms with E-state index in [-0.39, 0.29) is 21.1 Å². The second-order valence-electron chi connectivity index (χ2n) is 9.91. The van der Waals surface area contributed by atoms with Crippen molar-refractivity contribution in [1.29, 1.82) is 0 Å². The first-order valence-corrected chi connectivity index (χ1v) is 14.0. The van der Waals surface area contributed by atoms with E-state index in [2.05, 4.69) is 4.98 Å². The van der Waals surface area contributed by atoms with Gasteiger partial charge < -0.3 is 0 Å². The number of nitrogens with zero attached hydrogens (tertiary/aromatic N) is 4. The van der Waals surface area contributed by atoms with E-state index in [0.29, 0.717) is 4.90 Å². The standard InChI is InChI=1S/C26H22ClF5N4O4Se/c1-25(2,3)40-24(39)35-12-18(22(37)34(4)17-8-6-15(28)20(27)21(17)29)36(23(35)38)13-5-7-16-14(11-13)19(9-10-33-16)41-26(30,31)32/h5-11,18H,12H2,1-4H3/t18-/m0/s1. The van der Waals surface area contributed by atoms with Gasteiger partial charge in [-0.1, -0.05) is 0 Å². The normalized spacial score (nSPS) is 16.0. The van der Waals surface area contributed by atoms with Gasteiger partial charge in [0.05, 0.1) is 0 Å². The van der Waals surface area contributed by atoms with Crippen molar-refractivity contribution < 1.29 is 41.1 Å². The summed E-state index contributed by atoms with van der Waals surface area (Å²) in [6.45, 7) is 4.18. The molecule has 8 nitrogen and oxygen atoms in total. The molecule has 15 heteroatoms. The number of pyridine rings is 1. The molecule has 4 rings (SSSR count). The molecule has 0 unspecified atom stereocenters. The van der Waals surface area contributed by atoms with Crippen LogP contribution in [0, 0.1) is 11.6 Å². The predicted molar refractivity (Wildman–Crippen MR) is 143 cm³/mol. The molecule has 1 atom stereocenters. The van der Waals surface area contributed by atoms with E-state index < -0.39 is 78.6 Å². The molecule has 1 aromatic heterocycles. The minimum absolute atomic E-state index is 0.00913. The zero-order valence-corrected chi connectivity index (χ0v) is 24.4. The van der Waals surface area contributed by atoms with Crippen molar-refractivity contribution in [2.24, 2.45) is 0 Å². The first kappa shape index (κ1) is 30.5. The van der Waals surface area contributed by atoms with Gasteiger partial charge in [-0.05, 0) is 0 Å². The van der Waals surface area contributed by atoms with Gasteiger partial charge in [-0.15, -0.1) is 0 Å². The van der Waals surface area contributed by atoms with E-state index in [4.69, 9.17) is 16.3 Å². The fraction of sp³-hybridized carbons (Fsp3) is 0.308. The van der Waals surface area contributed by atoms with Gasteiger partial charge in [0.25, 0.3) is 0 Å². The second kappa shape index (κ2) is 11.1. The number of likely N-dealkylation sites (N-methyl/N-ethyl adjacent to an activating group) is 1. The summed E-state index contributed by atoms with van der Waals surface area (Å²) in [5.41, 5.74) is -1.19. The third-order valence-corrected chi connectivity index (χ3v) is 7.94. The van der Waals surface area contributed by atoms with Gasteiger partial charge in [0.1, 0.15) is 0 Å². The average Bonchev–Trinajstić information content (AvgIpc) is 3.22. The number of hydrogen-bond acceptors (Lipinski definition) is 5.